The molecule has 3 aromatic rings. The highest BCUT2D eigenvalue weighted by Crippen LogP contribution is 2.43. The molecule has 172 valence electrons. The minimum absolute atomic E-state index is 0.150. The Kier molecular flexibility index (Phi) is 6.17. The van der Waals surface area contributed by atoms with Crippen molar-refractivity contribution < 1.29 is 18.1 Å². The number of carbonyl (C=O) groups excluding carboxylic acids is 1. The molecular formula is C26H22N2O5S. The van der Waals surface area contributed by atoms with Crippen LogP contribution in [0.3, 0.4) is 0 Å². The average molecular weight is 475 g/mol. The molecular weight excluding hydrogens is 452 g/mol. The standard InChI is InChI=1S/C26H22N2O5S/c1-18-14-19(2)16-23(15-18)27-25(29)24(13-6-10-20-8-4-3-5-9-20)34(32,33)26(27)21-11-7-12-22(17-21)28(30)31/h3-17,26H,1-2H3/b10-6-,24-13-/t26-/m0/s1. The summed E-state index contributed by atoms with van der Waals surface area (Å²) in [6, 6.07) is 20.1. The quantitative estimate of drug-likeness (QED) is 0.285. The van der Waals surface area contributed by atoms with Gasteiger partial charge in [-0.25, -0.2) is 8.42 Å². The van der Waals surface area contributed by atoms with Crippen molar-refractivity contribution in [2.24, 2.45) is 0 Å². The third kappa shape index (κ3) is 4.40. The molecule has 0 saturated carbocycles. The maximum absolute atomic E-state index is 13.6. The van der Waals surface area contributed by atoms with Crippen molar-refractivity contribution in [3.63, 3.8) is 0 Å². The number of amides is 1. The molecule has 8 heteroatoms. The van der Waals surface area contributed by atoms with Crippen LogP contribution >= 0.6 is 0 Å². The Morgan fingerprint density at radius 1 is 0.941 bits per heavy atom. The van der Waals surface area contributed by atoms with Crippen molar-refractivity contribution in [2.75, 3.05) is 4.90 Å². The number of nitro groups is 1. The fourth-order valence-electron chi connectivity index (χ4n) is 4.05. The highest BCUT2D eigenvalue weighted by atomic mass is 32.2. The molecule has 0 unspecified atom stereocenters. The second-order valence-corrected chi connectivity index (χ2v) is 10.0. The molecule has 0 radical (unpaired) electrons. The van der Waals surface area contributed by atoms with Crippen molar-refractivity contribution in [3.05, 3.63) is 122 Å². The predicted octanol–water partition coefficient (Wildman–Crippen LogP) is 5.27. The molecule has 1 fully saturated rings. The molecule has 0 aromatic heterocycles. The molecule has 7 nitrogen and oxygen atoms in total. The number of anilines is 1. The summed E-state index contributed by atoms with van der Waals surface area (Å²) in [5, 5.41) is 9.91. The summed E-state index contributed by atoms with van der Waals surface area (Å²) >= 11 is 0. The summed E-state index contributed by atoms with van der Waals surface area (Å²) in [7, 11) is -4.19. The van der Waals surface area contributed by atoms with Gasteiger partial charge in [0.1, 0.15) is 4.91 Å². The van der Waals surface area contributed by atoms with E-state index in [0.29, 0.717) is 5.69 Å². The highest BCUT2D eigenvalue weighted by molar-refractivity contribution is 7.97. The van der Waals surface area contributed by atoms with E-state index in [1.165, 1.54) is 41.3 Å². The van der Waals surface area contributed by atoms with Crippen LogP contribution in [0, 0.1) is 24.0 Å². The van der Waals surface area contributed by atoms with Crippen molar-refractivity contribution in [2.45, 2.75) is 19.2 Å². The second kappa shape index (κ2) is 9.07. The highest BCUT2D eigenvalue weighted by Gasteiger charge is 2.50. The fourth-order valence-corrected chi connectivity index (χ4v) is 5.90. The van der Waals surface area contributed by atoms with E-state index in [0.717, 1.165) is 16.7 Å². The first-order valence-corrected chi connectivity index (χ1v) is 12.1. The van der Waals surface area contributed by atoms with Gasteiger partial charge in [-0.15, -0.1) is 0 Å². The first-order chi connectivity index (χ1) is 16.2. The lowest BCUT2D eigenvalue weighted by molar-refractivity contribution is -0.384. The van der Waals surface area contributed by atoms with Gasteiger partial charge in [-0.1, -0.05) is 60.7 Å². The predicted molar refractivity (Wildman–Crippen MR) is 132 cm³/mol. The van der Waals surface area contributed by atoms with E-state index < -0.39 is 26.0 Å². The molecule has 1 amide bonds. The van der Waals surface area contributed by atoms with Gasteiger partial charge in [0.25, 0.3) is 11.6 Å². The zero-order valence-electron chi connectivity index (χ0n) is 18.6. The molecule has 1 aliphatic rings. The topological polar surface area (TPSA) is 97.6 Å². The van der Waals surface area contributed by atoms with Gasteiger partial charge in [0.15, 0.2) is 5.37 Å². The van der Waals surface area contributed by atoms with E-state index in [2.05, 4.69) is 0 Å². The molecule has 1 aliphatic heterocycles. The number of carbonyl (C=O) groups is 1. The van der Waals surface area contributed by atoms with Gasteiger partial charge in [-0.2, -0.15) is 0 Å². The first-order valence-electron chi connectivity index (χ1n) is 10.5. The Morgan fingerprint density at radius 3 is 2.26 bits per heavy atom. The fraction of sp³-hybridized carbons (Fsp3) is 0.115. The SMILES string of the molecule is Cc1cc(C)cc(N2C(=O)/C(=C/C=C\c3ccccc3)S(=O)(=O)[C@H]2c2cccc([N+](=O)[O-])c2)c1. The summed E-state index contributed by atoms with van der Waals surface area (Å²) in [5.41, 5.74) is 2.89. The van der Waals surface area contributed by atoms with Gasteiger partial charge in [-0.05, 0) is 54.3 Å². The number of hydrogen-bond acceptors (Lipinski definition) is 5. The number of benzene rings is 3. The van der Waals surface area contributed by atoms with Crippen LogP contribution in [-0.2, 0) is 14.6 Å². The Morgan fingerprint density at radius 2 is 1.62 bits per heavy atom. The molecule has 1 atom stereocenters. The van der Waals surface area contributed by atoms with Crippen molar-refractivity contribution in [1.29, 1.82) is 0 Å². The molecule has 0 spiro atoms. The van der Waals surface area contributed by atoms with Gasteiger partial charge in [-0.3, -0.25) is 19.8 Å². The number of non-ortho nitro benzene ring substituents is 1. The molecule has 1 heterocycles. The monoisotopic (exact) mass is 474 g/mol. The second-order valence-electron chi connectivity index (χ2n) is 8.07. The Labute approximate surface area is 197 Å². The van der Waals surface area contributed by atoms with Crippen molar-refractivity contribution in [1.82, 2.24) is 0 Å². The van der Waals surface area contributed by atoms with E-state index in [1.54, 1.807) is 18.2 Å². The minimum Gasteiger partial charge on any atom is -0.286 e. The Bertz CT molecular complexity index is 1420. The van der Waals surface area contributed by atoms with Crippen LogP contribution in [-0.4, -0.2) is 19.2 Å². The summed E-state index contributed by atoms with van der Waals surface area (Å²) in [6.45, 7) is 3.71. The number of sulfone groups is 1. The van der Waals surface area contributed by atoms with Crippen LogP contribution in [0.5, 0.6) is 0 Å². The molecule has 0 aliphatic carbocycles. The normalized spacial score (nSPS) is 18.6. The maximum Gasteiger partial charge on any atom is 0.271 e. The van der Waals surface area contributed by atoms with Crippen LogP contribution < -0.4 is 4.90 Å². The van der Waals surface area contributed by atoms with Gasteiger partial charge >= 0.3 is 0 Å². The smallest absolute Gasteiger partial charge is 0.271 e. The van der Waals surface area contributed by atoms with Crippen molar-refractivity contribution >= 4 is 33.2 Å². The number of hydrogen-bond donors (Lipinski definition) is 0. The van der Waals surface area contributed by atoms with Crippen molar-refractivity contribution in [3.8, 4) is 0 Å². The molecule has 4 rings (SSSR count). The van der Waals surface area contributed by atoms with Crippen LogP contribution in [0.15, 0.2) is 89.9 Å². The number of nitro benzene ring substituents is 1. The average Bonchev–Trinajstić information content (AvgIpc) is 2.99. The van der Waals surface area contributed by atoms with E-state index in [4.69, 9.17) is 0 Å². The maximum atomic E-state index is 13.6. The molecule has 1 saturated heterocycles. The van der Waals surface area contributed by atoms with Crippen LogP contribution in [0.25, 0.3) is 6.08 Å². The van der Waals surface area contributed by atoms with Gasteiger partial charge in [0, 0.05) is 17.8 Å². The third-order valence-corrected chi connectivity index (χ3v) is 7.45. The molecule has 0 N–H and O–H groups in total. The van der Waals surface area contributed by atoms with Gasteiger partial charge < -0.3 is 0 Å². The number of aryl methyl sites for hydroxylation is 2. The van der Waals surface area contributed by atoms with E-state index >= 15 is 0 Å². The number of nitrogens with zero attached hydrogens (tertiary/aromatic N) is 2. The largest absolute Gasteiger partial charge is 0.286 e. The summed E-state index contributed by atoms with van der Waals surface area (Å²) < 4.78 is 27.3. The zero-order chi connectivity index (χ0) is 24.5. The molecule has 0 bridgehead atoms. The summed E-state index contributed by atoms with van der Waals surface area (Å²) in [6.07, 6.45) is 4.52. The van der Waals surface area contributed by atoms with E-state index in [1.807, 2.05) is 50.2 Å². The summed E-state index contributed by atoms with van der Waals surface area (Å²) in [4.78, 5) is 25.1. The van der Waals surface area contributed by atoms with E-state index in [-0.39, 0.29) is 16.2 Å². The third-order valence-electron chi connectivity index (χ3n) is 5.45. The van der Waals surface area contributed by atoms with Gasteiger partial charge in [0.2, 0.25) is 9.84 Å². The minimum atomic E-state index is -4.19. The molecule has 3 aromatic carbocycles. The Balaban J connectivity index is 1.88. The zero-order valence-corrected chi connectivity index (χ0v) is 19.4. The number of rotatable bonds is 5. The summed E-state index contributed by atoms with van der Waals surface area (Å²) in [5.74, 6) is -0.681. The lowest BCUT2D eigenvalue weighted by Gasteiger charge is -2.24. The lowest BCUT2D eigenvalue weighted by atomic mass is 10.1. The van der Waals surface area contributed by atoms with Gasteiger partial charge in [0.05, 0.1) is 4.92 Å². The first kappa shape index (κ1) is 23.1. The Hall–Kier alpha value is -4.04. The lowest BCUT2D eigenvalue weighted by Crippen LogP contribution is -2.29. The number of allylic oxidation sites excluding steroid dienone is 2. The van der Waals surface area contributed by atoms with E-state index in [9.17, 15) is 23.3 Å². The van der Waals surface area contributed by atoms with Crippen LogP contribution in [0.2, 0.25) is 0 Å². The molecule has 34 heavy (non-hydrogen) atoms. The van der Waals surface area contributed by atoms with Crippen LogP contribution in [0.1, 0.15) is 27.6 Å². The van der Waals surface area contributed by atoms with Crippen LogP contribution in [0.4, 0.5) is 11.4 Å².